The molecular formula is C8H13Cl2Pt-. The molecule has 0 bridgehead atoms. The Morgan fingerprint density at radius 2 is 1.55 bits per heavy atom. The van der Waals surface area contributed by atoms with Crippen LogP contribution in [0.25, 0.3) is 0 Å². The fourth-order valence-electron chi connectivity index (χ4n) is 0.786. The predicted octanol–water partition coefficient (Wildman–Crippen LogP) is 3.32. The van der Waals surface area contributed by atoms with E-state index >= 15 is 0 Å². The molecule has 0 aliphatic heterocycles. The minimum absolute atomic E-state index is 0. The summed E-state index contributed by atoms with van der Waals surface area (Å²) in [6.45, 7) is 0. The first kappa shape index (κ1) is 17.7. The van der Waals surface area contributed by atoms with Crippen LogP contribution in [0.4, 0.5) is 0 Å². The molecule has 0 heterocycles. The van der Waals surface area contributed by atoms with E-state index in [0.29, 0.717) is 0 Å². The molecule has 0 aromatic heterocycles. The van der Waals surface area contributed by atoms with Gasteiger partial charge >= 0.3 is 0 Å². The first-order valence-electron chi connectivity index (χ1n) is 3.20. The van der Waals surface area contributed by atoms with Crippen LogP contribution in [0.3, 0.4) is 0 Å². The molecule has 3 heteroatoms. The Balaban J connectivity index is -0.000000213. The Hall–Kier alpha value is 0.748. The molecule has 1 aliphatic rings. The van der Waals surface area contributed by atoms with Gasteiger partial charge in [0.25, 0.3) is 0 Å². The zero-order valence-electron chi connectivity index (χ0n) is 6.19. The van der Waals surface area contributed by atoms with Gasteiger partial charge < -0.3 is 6.08 Å². The van der Waals surface area contributed by atoms with Crippen molar-refractivity contribution in [2.75, 3.05) is 0 Å². The summed E-state index contributed by atoms with van der Waals surface area (Å²) in [5.74, 6) is 0. The molecular weight excluding hydrogens is 362 g/mol. The molecule has 0 atom stereocenters. The van der Waals surface area contributed by atoms with E-state index in [0.717, 1.165) is 6.42 Å². The standard InChI is InChI=1S/C8H11.2ClH.Pt/c1-2-4-6-8-7-5-3-1;;;/h1-2,7H,3-6H2;2*1H;/q-1;;;. The molecule has 11 heavy (non-hydrogen) atoms. The third-order valence-corrected chi connectivity index (χ3v) is 1.24. The maximum atomic E-state index is 3.21. The van der Waals surface area contributed by atoms with E-state index in [2.05, 4.69) is 24.3 Å². The minimum atomic E-state index is 0. The summed E-state index contributed by atoms with van der Waals surface area (Å²) in [7, 11) is 0. The van der Waals surface area contributed by atoms with Crippen molar-refractivity contribution in [3.05, 3.63) is 24.3 Å². The molecule has 0 amide bonds. The molecule has 1 aliphatic carbocycles. The second-order valence-electron chi connectivity index (χ2n) is 2.00. The van der Waals surface area contributed by atoms with Gasteiger partial charge in [-0.25, -0.2) is 0 Å². The Kier molecular flexibility index (Phi) is 21.5. The van der Waals surface area contributed by atoms with Gasteiger partial charge in [-0.3, -0.25) is 6.08 Å². The Bertz CT molecular complexity index is 84.7. The van der Waals surface area contributed by atoms with Crippen molar-refractivity contribution in [1.82, 2.24) is 0 Å². The first-order chi connectivity index (χ1) is 4.00. The Morgan fingerprint density at radius 3 is 2.27 bits per heavy atom. The van der Waals surface area contributed by atoms with Crippen LogP contribution in [0, 0.1) is 6.08 Å². The molecule has 0 N–H and O–H groups in total. The van der Waals surface area contributed by atoms with E-state index in [-0.39, 0.29) is 45.9 Å². The monoisotopic (exact) mass is 374 g/mol. The average molecular weight is 375 g/mol. The summed E-state index contributed by atoms with van der Waals surface area (Å²) in [6, 6.07) is 0. The normalized spacial score (nSPS) is 14.5. The molecule has 0 saturated heterocycles. The molecule has 70 valence electrons. The largest absolute Gasteiger partial charge is 0.500 e. The van der Waals surface area contributed by atoms with E-state index in [9.17, 15) is 0 Å². The van der Waals surface area contributed by atoms with Crippen LogP contribution >= 0.6 is 24.8 Å². The third kappa shape index (κ3) is 10.7. The van der Waals surface area contributed by atoms with Crippen LogP contribution in [0.15, 0.2) is 18.2 Å². The van der Waals surface area contributed by atoms with Crippen molar-refractivity contribution in [1.29, 1.82) is 0 Å². The predicted molar refractivity (Wildman–Crippen MR) is 49.9 cm³/mol. The number of rotatable bonds is 0. The van der Waals surface area contributed by atoms with Crippen molar-refractivity contribution in [3.63, 3.8) is 0 Å². The number of hydrogen-bond donors (Lipinski definition) is 0. The zero-order valence-corrected chi connectivity index (χ0v) is 10.1. The quantitative estimate of drug-likeness (QED) is 0.450. The summed E-state index contributed by atoms with van der Waals surface area (Å²) >= 11 is 0. The van der Waals surface area contributed by atoms with Crippen LogP contribution in [-0.4, -0.2) is 0 Å². The second-order valence-corrected chi connectivity index (χ2v) is 2.00. The molecule has 0 unspecified atom stereocenters. The topological polar surface area (TPSA) is 0 Å². The van der Waals surface area contributed by atoms with Crippen molar-refractivity contribution < 1.29 is 21.1 Å². The maximum Gasteiger partial charge on any atom is 0 e. The molecule has 0 aromatic rings. The third-order valence-electron chi connectivity index (χ3n) is 1.24. The summed E-state index contributed by atoms with van der Waals surface area (Å²) in [5.41, 5.74) is 0. The van der Waals surface area contributed by atoms with Crippen LogP contribution < -0.4 is 0 Å². The van der Waals surface area contributed by atoms with E-state index in [4.69, 9.17) is 0 Å². The molecule has 0 nitrogen and oxygen atoms in total. The van der Waals surface area contributed by atoms with Gasteiger partial charge in [-0.1, -0.05) is 25.0 Å². The average Bonchev–Trinajstić information content (AvgIpc) is 1.62. The van der Waals surface area contributed by atoms with Gasteiger partial charge in [0, 0.05) is 21.1 Å². The zero-order chi connectivity index (χ0) is 5.66. The summed E-state index contributed by atoms with van der Waals surface area (Å²) in [4.78, 5) is 0. The summed E-state index contributed by atoms with van der Waals surface area (Å²) in [5, 5.41) is 0. The molecule has 0 saturated carbocycles. The second kappa shape index (κ2) is 13.3. The molecule has 0 fully saturated rings. The van der Waals surface area contributed by atoms with Crippen molar-refractivity contribution in [2.24, 2.45) is 0 Å². The van der Waals surface area contributed by atoms with Crippen LogP contribution in [-0.2, 0) is 21.1 Å². The maximum absolute atomic E-state index is 3.21. The van der Waals surface area contributed by atoms with Crippen LogP contribution in [0.1, 0.15) is 25.7 Å². The SMILES string of the molecule is Cl.Cl.[C-]1=CCCC=CCC1.[Pt]. The number of hydrogen-bond acceptors (Lipinski definition) is 0. The van der Waals surface area contributed by atoms with Gasteiger partial charge in [-0.15, -0.1) is 24.8 Å². The van der Waals surface area contributed by atoms with Crippen molar-refractivity contribution in [2.45, 2.75) is 25.7 Å². The van der Waals surface area contributed by atoms with E-state index < -0.39 is 0 Å². The van der Waals surface area contributed by atoms with Gasteiger partial charge in [0.1, 0.15) is 0 Å². The summed E-state index contributed by atoms with van der Waals surface area (Å²) < 4.78 is 0. The molecule has 1 rings (SSSR count). The van der Waals surface area contributed by atoms with E-state index in [1.165, 1.54) is 19.3 Å². The van der Waals surface area contributed by atoms with Gasteiger partial charge in [-0.2, -0.15) is 6.42 Å². The van der Waals surface area contributed by atoms with Gasteiger partial charge in [0.15, 0.2) is 0 Å². The van der Waals surface area contributed by atoms with Crippen molar-refractivity contribution in [3.8, 4) is 0 Å². The Morgan fingerprint density at radius 1 is 0.909 bits per heavy atom. The molecule has 0 spiro atoms. The number of allylic oxidation sites excluding steroid dienone is 4. The van der Waals surface area contributed by atoms with E-state index in [1.54, 1.807) is 0 Å². The Labute approximate surface area is 95.6 Å². The van der Waals surface area contributed by atoms with Crippen LogP contribution in [0.5, 0.6) is 0 Å². The fourth-order valence-corrected chi connectivity index (χ4v) is 0.786. The van der Waals surface area contributed by atoms with E-state index in [1.807, 2.05) is 0 Å². The smallest absolute Gasteiger partial charge is 0 e. The van der Waals surface area contributed by atoms with Crippen molar-refractivity contribution >= 4 is 24.8 Å². The fraction of sp³-hybridized carbons (Fsp3) is 0.500. The minimum Gasteiger partial charge on any atom is -0.500 e. The van der Waals surface area contributed by atoms with Crippen LogP contribution in [0.2, 0.25) is 0 Å². The van der Waals surface area contributed by atoms with Gasteiger partial charge in [-0.05, 0) is 6.42 Å². The van der Waals surface area contributed by atoms with Gasteiger partial charge in [0.05, 0.1) is 0 Å². The molecule has 0 radical (unpaired) electrons. The molecule has 0 aromatic carbocycles. The van der Waals surface area contributed by atoms with Gasteiger partial charge in [0.2, 0.25) is 0 Å². The summed E-state index contributed by atoms with van der Waals surface area (Å²) in [6.07, 6.45) is 14.5. The number of halogens is 2. The first-order valence-corrected chi connectivity index (χ1v) is 3.20.